The number of hydrogen-bond acceptors (Lipinski definition) is 3. The summed E-state index contributed by atoms with van der Waals surface area (Å²) in [5.74, 6) is -0.0959. The van der Waals surface area contributed by atoms with E-state index in [1.807, 2.05) is 0 Å². The minimum Gasteiger partial charge on any atom is -0.463 e. The summed E-state index contributed by atoms with van der Waals surface area (Å²) in [5.41, 5.74) is 0. The van der Waals surface area contributed by atoms with Crippen molar-refractivity contribution in [2.24, 2.45) is 5.92 Å². The molecule has 0 aromatic rings. The van der Waals surface area contributed by atoms with Crippen molar-refractivity contribution < 1.29 is 19.5 Å². The van der Waals surface area contributed by atoms with E-state index < -0.39 is 6.10 Å². The van der Waals surface area contributed by atoms with E-state index in [1.165, 1.54) is 24.2 Å². The van der Waals surface area contributed by atoms with Crippen LogP contribution in [0, 0.1) is 5.92 Å². The van der Waals surface area contributed by atoms with Crippen molar-refractivity contribution >= 4 is 5.97 Å². The lowest BCUT2D eigenvalue weighted by Gasteiger charge is -2.16. The van der Waals surface area contributed by atoms with Crippen LogP contribution < -0.4 is 4.90 Å². The minimum atomic E-state index is -0.569. The molecule has 0 saturated heterocycles. The molecule has 2 atom stereocenters. The zero-order valence-corrected chi connectivity index (χ0v) is 15.8. The average Bonchev–Trinajstić information content (AvgIpc) is 2.43. The fourth-order valence-electron chi connectivity index (χ4n) is 1.97. The van der Waals surface area contributed by atoms with Gasteiger partial charge in [-0.05, 0) is 19.8 Å². The summed E-state index contributed by atoms with van der Waals surface area (Å²) >= 11 is 0. The maximum Gasteiger partial charge on any atom is 0.309 e. The number of carbonyl (C=O) groups is 1. The van der Waals surface area contributed by atoms with Crippen molar-refractivity contribution in [1.82, 2.24) is 0 Å². The number of aliphatic hydroxyl groups excluding tert-OH is 1. The second-order valence-corrected chi connectivity index (χ2v) is 6.67. The fraction of sp³-hybridized carbons (Fsp3) is 0.944. The number of aliphatic hydroxyl groups is 1. The van der Waals surface area contributed by atoms with Gasteiger partial charge in [-0.3, -0.25) is 4.79 Å². The minimum absolute atomic E-state index is 0.0283. The van der Waals surface area contributed by atoms with Gasteiger partial charge in [-0.2, -0.15) is 0 Å². The van der Waals surface area contributed by atoms with Crippen LogP contribution in [0.5, 0.6) is 0 Å². The lowest BCUT2D eigenvalue weighted by molar-refractivity contribution is -0.836. The topological polar surface area (TPSA) is 51.0 Å². The smallest absolute Gasteiger partial charge is 0.309 e. The summed E-state index contributed by atoms with van der Waals surface area (Å²) < 4.78 is 5.13. The summed E-state index contributed by atoms with van der Waals surface area (Å²) in [4.78, 5) is 13.3. The maximum absolute atomic E-state index is 11.9. The van der Waals surface area contributed by atoms with E-state index in [4.69, 9.17) is 9.84 Å². The Morgan fingerprint density at radius 2 is 1.50 bits per heavy atom. The van der Waals surface area contributed by atoms with Crippen LogP contribution in [0.25, 0.3) is 0 Å². The lowest BCUT2D eigenvalue weighted by atomic mass is 9.95. The van der Waals surface area contributed by atoms with Crippen LogP contribution in [-0.4, -0.2) is 44.9 Å². The van der Waals surface area contributed by atoms with E-state index in [0.717, 1.165) is 32.1 Å². The van der Waals surface area contributed by atoms with Gasteiger partial charge in [0.25, 0.3) is 0 Å². The highest BCUT2D eigenvalue weighted by molar-refractivity contribution is 5.72. The standard InChI is InChI=1S/C15H30O3.C3H9N/c1-4-6-8-9-11-14(10-7-5-2)15(17)18-12-13(3)16;1-4(2)3/h13-14,16H,4-12H2,1-3H3;1-3H3/p+1. The molecule has 0 aromatic carbocycles. The van der Waals surface area contributed by atoms with Crippen molar-refractivity contribution in [2.75, 3.05) is 27.7 Å². The Morgan fingerprint density at radius 1 is 1.00 bits per heavy atom. The molecule has 0 aliphatic rings. The summed E-state index contributed by atoms with van der Waals surface area (Å²) in [7, 11) is 6.25. The number of nitrogens with one attached hydrogen (secondary N) is 1. The van der Waals surface area contributed by atoms with Crippen molar-refractivity contribution in [3.63, 3.8) is 0 Å². The molecule has 0 rings (SSSR count). The molecule has 0 amide bonds. The summed E-state index contributed by atoms with van der Waals surface area (Å²) in [6.07, 6.45) is 8.21. The van der Waals surface area contributed by atoms with Crippen LogP contribution in [0.2, 0.25) is 0 Å². The molecule has 0 aliphatic carbocycles. The first-order chi connectivity index (χ1) is 10.3. The van der Waals surface area contributed by atoms with Gasteiger partial charge in [0.05, 0.1) is 33.2 Å². The molecule has 0 heterocycles. The molecule has 0 bridgehead atoms. The first kappa shape index (κ1) is 23.7. The average molecular weight is 319 g/mol. The molecule has 4 nitrogen and oxygen atoms in total. The highest BCUT2D eigenvalue weighted by Gasteiger charge is 2.19. The van der Waals surface area contributed by atoms with Gasteiger partial charge in [0.1, 0.15) is 6.61 Å². The van der Waals surface area contributed by atoms with Crippen LogP contribution in [-0.2, 0) is 9.53 Å². The van der Waals surface area contributed by atoms with Crippen LogP contribution in [0.1, 0.15) is 72.1 Å². The summed E-state index contributed by atoms with van der Waals surface area (Å²) in [6.45, 7) is 6.08. The molecule has 134 valence electrons. The number of unbranched alkanes of at least 4 members (excludes halogenated alkanes) is 4. The Labute approximate surface area is 138 Å². The van der Waals surface area contributed by atoms with Crippen molar-refractivity contribution in [2.45, 2.75) is 78.2 Å². The molecule has 0 saturated carbocycles. The van der Waals surface area contributed by atoms with E-state index in [1.54, 1.807) is 6.92 Å². The largest absolute Gasteiger partial charge is 0.463 e. The van der Waals surface area contributed by atoms with Crippen LogP contribution in [0.4, 0.5) is 0 Å². The Hall–Kier alpha value is -0.610. The predicted octanol–water partition coefficient (Wildman–Crippen LogP) is 2.45. The van der Waals surface area contributed by atoms with Crippen molar-refractivity contribution in [3.05, 3.63) is 0 Å². The first-order valence-corrected chi connectivity index (χ1v) is 8.96. The SMILES string of the molecule is CCCCCCC(CCCC)C(=O)OCC(C)O.C[NH+](C)C. The third-order valence-electron chi connectivity index (χ3n) is 3.11. The Bertz CT molecular complexity index is 240. The lowest BCUT2D eigenvalue weighted by Crippen LogP contribution is -3.02. The van der Waals surface area contributed by atoms with E-state index in [0.29, 0.717) is 0 Å². The van der Waals surface area contributed by atoms with Gasteiger partial charge < -0.3 is 14.7 Å². The fourth-order valence-corrected chi connectivity index (χ4v) is 1.97. The Kier molecular flexibility index (Phi) is 18.0. The number of rotatable bonds is 11. The molecule has 2 N–H and O–H groups in total. The van der Waals surface area contributed by atoms with Gasteiger partial charge in [-0.1, -0.05) is 52.4 Å². The van der Waals surface area contributed by atoms with Gasteiger partial charge in [-0.25, -0.2) is 0 Å². The van der Waals surface area contributed by atoms with Gasteiger partial charge >= 0.3 is 5.97 Å². The van der Waals surface area contributed by atoms with Crippen LogP contribution in [0.3, 0.4) is 0 Å². The van der Waals surface area contributed by atoms with Gasteiger partial charge in [0.2, 0.25) is 0 Å². The normalized spacial score (nSPS) is 13.3. The zero-order valence-electron chi connectivity index (χ0n) is 15.8. The highest BCUT2D eigenvalue weighted by Crippen LogP contribution is 2.19. The zero-order chi connectivity index (χ0) is 17.4. The van der Waals surface area contributed by atoms with Gasteiger partial charge in [0.15, 0.2) is 0 Å². The van der Waals surface area contributed by atoms with Crippen LogP contribution in [0.15, 0.2) is 0 Å². The van der Waals surface area contributed by atoms with Crippen LogP contribution >= 0.6 is 0 Å². The number of hydrogen-bond donors (Lipinski definition) is 2. The third kappa shape index (κ3) is 19.4. The number of ether oxygens (including phenoxy) is 1. The molecular weight excluding hydrogens is 278 g/mol. The predicted molar refractivity (Wildman–Crippen MR) is 93.1 cm³/mol. The molecule has 0 fully saturated rings. The number of quaternary nitrogens is 1. The van der Waals surface area contributed by atoms with Gasteiger partial charge in [-0.15, -0.1) is 0 Å². The van der Waals surface area contributed by atoms with E-state index in [-0.39, 0.29) is 18.5 Å². The molecule has 22 heavy (non-hydrogen) atoms. The number of carbonyl (C=O) groups excluding carboxylic acids is 1. The maximum atomic E-state index is 11.9. The molecule has 0 aliphatic heterocycles. The Morgan fingerprint density at radius 3 is 1.95 bits per heavy atom. The molecular formula is C18H40NO3+. The van der Waals surface area contributed by atoms with E-state index >= 15 is 0 Å². The van der Waals surface area contributed by atoms with Gasteiger partial charge in [0, 0.05) is 0 Å². The summed E-state index contributed by atoms with van der Waals surface area (Å²) in [6, 6.07) is 0. The Balaban J connectivity index is 0. The summed E-state index contributed by atoms with van der Waals surface area (Å²) in [5, 5.41) is 9.13. The van der Waals surface area contributed by atoms with Crippen molar-refractivity contribution in [1.29, 1.82) is 0 Å². The second kappa shape index (κ2) is 16.8. The molecule has 0 radical (unpaired) electrons. The molecule has 0 aromatic heterocycles. The van der Waals surface area contributed by atoms with E-state index in [2.05, 4.69) is 35.0 Å². The molecule has 0 spiro atoms. The first-order valence-electron chi connectivity index (χ1n) is 8.96. The quantitative estimate of drug-likeness (QED) is 0.454. The van der Waals surface area contributed by atoms with E-state index in [9.17, 15) is 4.79 Å². The highest BCUT2D eigenvalue weighted by atomic mass is 16.5. The van der Waals surface area contributed by atoms with Crippen molar-refractivity contribution in [3.8, 4) is 0 Å². The number of esters is 1. The third-order valence-corrected chi connectivity index (χ3v) is 3.11. The molecule has 2 unspecified atom stereocenters. The monoisotopic (exact) mass is 318 g/mol. The molecule has 4 heteroatoms. The second-order valence-electron chi connectivity index (χ2n) is 6.67.